The molecule has 0 saturated carbocycles. The van der Waals surface area contributed by atoms with Crippen molar-refractivity contribution in [2.24, 2.45) is 0 Å². The monoisotopic (exact) mass is 281 g/mol. The maximum absolute atomic E-state index is 11.2. The van der Waals surface area contributed by atoms with Crippen LogP contribution >= 0.6 is 11.6 Å². The van der Waals surface area contributed by atoms with E-state index in [9.17, 15) is 4.79 Å². The Morgan fingerprint density at radius 1 is 1.21 bits per heavy atom. The zero-order valence-corrected chi connectivity index (χ0v) is 12.6. The minimum absolute atomic E-state index is 0.277. The summed E-state index contributed by atoms with van der Waals surface area (Å²) >= 11 is 6.29. The summed E-state index contributed by atoms with van der Waals surface area (Å²) in [6.45, 7) is 9.63. The number of benzene rings is 1. The summed E-state index contributed by atoms with van der Waals surface area (Å²) in [7, 11) is 0. The lowest BCUT2D eigenvalue weighted by molar-refractivity contribution is -0.133. The van der Waals surface area contributed by atoms with Crippen LogP contribution in [0.3, 0.4) is 0 Å². The van der Waals surface area contributed by atoms with Gasteiger partial charge in [0.05, 0.1) is 21.9 Å². The van der Waals surface area contributed by atoms with Gasteiger partial charge in [-0.15, -0.1) is 0 Å². The fourth-order valence-electron chi connectivity index (χ4n) is 2.91. The molecule has 0 bridgehead atoms. The zero-order valence-electron chi connectivity index (χ0n) is 11.9. The predicted octanol–water partition coefficient (Wildman–Crippen LogP) is 3.55. The number of halogens is 1. The number of morpholine rings is 1. The molecule has 0 amide bonds. The van der Waals surface area contributed by atoms with Crippen molar-refractivity contribution >= 4 is 23.6 Å². The molecule has 19 heavy (non-hydrogen) atoms. The highest BCUT2D eigenvalue weighted by Crippen LogP contribution is 2.36. The summed E-state index contributed by atoms with van der Waals surface area (Å²) in [4.78, 5) is 13.4. The third-order valence-electron chi connectivity index (χ3n) is 3.16. The van der Waals surface area contributed by atoms with Gasteiger partial charge in [-0.3, -0.25) is 4.79 Å². The van der Waals surface area contributed by atoms with Crippen molar-refractivity contribution in [3.8, 4) is 0 Å². The molecule has 0 atom stereocenters. The Kier molecular flexibility index (Phi) is 3.63. The standard InChI is InChI=1S/C15H20ClNO2/c1-14(2)9-17(10-15(3,4)19-14)13-11(8-18)6-5-7-12(13)16/h5-8H,9-10H2,1-4H3. The first-order valence-electron chi connectivity index (χ1n) is 6.43. The van der Waals surface area contributed by atoms with E-state index in [-0.39, 0.29) is 11.2 Å². The molecule has 1 aliphatic heterocycles. The molecule has 3 nitrogen and oxygen atoms in total. The summed E-state index contributed by atoms with van der Waals surface area (Å²) in [6.07, 6.45) is 0.858. The Morgan fingerprint density at radius 2 is 1.79 bits per heavy atom. The van der Waals surface area contributed by atoms with E-state index in [4.69, 9.17) is 16.3 Å². The Labute approximate surface area is 119 Å². The minimum atomic E-state index is -0.277. The number of carbonyl (C=O) groups is 1. The quantitative estimate of drug-likeness (QED) is 0.777. The average Bonchev–Trinajstić information content (AvgIpc) is 2.24. The molecule has 1 heterocycles. The lowest BCUT2D eigenvalue weighted by atomic mass is 9.97. The number of carbonyl (C=O) groups excluding carboxylic acids is 1. The smallest absolute Gasteiger partial charge is 0.152 e. The van der Waals surface area contributed by atoms with Crippen LogP contribution in [0.1, 0.15) is 38.1 Å². The van der Waals surface area contributed by atoms with Gasteiger partial charge in [-0.1, -0.05) is 17.7 Å². The Morgan fingerprint density at radius 3 is 2.32 bits per heavy atom. The highest BCUT2D eigenvalue weighted by Gasteiger charge is 2.39. The van der Waals surface area contributed by atoms with E-state index in [1.807, 2.05) is 6.07 Å². The normalized spacial score (nSPS) is 21.2. The molecule has 1 saturated heterocycles. The number of hydrogen-bond donors (Lipinski definition) is 0. The Bertz CT molecular complexity index is 481. The molecule has 0 aliphatic carbocycles. The van der Waals surface area contributed by atoms with E-state index >= 15 is 0 Å². The number of para-hydroxylation sites is 1. The van der Waals surface area contributed by atoms with Crippen molar-refractivity contribution in [2.45, 2.75) is 38.9 Å². The average molecular weight is 282 g/mol. The first-order chi connectivity index (χ1) is 8.74. The Hall–Kier alpha value is -1.06. The molecule has 1 aromatic rings. The zero-order chi connectivity index (χ0) is 14.3. The van der Waals surface area contributed by atoms with E-state index in [1.54, 1.807) is 12.1 Å². The molecular weight excluding hydrogens is 262 g/mol. The van der Waals surface area contributed by atoms with Crippen LogP contribution in [0, 0.1) is 0 Å². The first kappa shape index (κ1) is 14.4. The largest absolute Gasteiger partial charge is 0.366 e. The number of ether oxygens (including phenoxy) is 1. The molecule has 0 radical (unpaired) electrons. The van der Waals surface area contributed by atoms with E-state index in [2.05, 4.69) is 32.6 Å². The lowest BCUT2D eigenvalue weighted by Gasteiger charge is -2.48. The third kappa shape index (κ3) is 3.10. The molecule has 0 unspecified atom stereocenters. The SMILES string of the molecule is CC1(C)CN(c2c(Cl)cccc2C=O)CC(C)(C)O1. The first-order valence-corrected chi connectivity index (χ1v) is 6.81. The number of aldehydes is 1. The minimum Gasteiger partial charge on any atom is -0.366 e. The molecule has 4 heteroatoms. The van der Waals surface area contributed by atoms with E-state index < -0.39 is 0 Å². The second-order valence-electron chi connectivity index (χ2n) is 6.27. The van der Waals surface area contributed by atoms with Gasteiger partial charge in [0.25, 0.3) is 0 Å². The molecule has 0 aromatic heterocycles. The van der Waals surface area contributed by atoms with Gasteiger partial charge in [-0.2, -0.15) is 0 Å². The van der Waals surface area contributed by atoms with Crippen molar-refractivity contribution in [2.75, 3.05) is 18.0 Å². The summed E-state index contributed by atoms with van der Waals surface area (Å²) in [5.41, 5.74) is 0.881. The molecule has 0 spiro atoms. The van der Waals surface area contributed by atoms with Crippen molar-refractivity contribution in [3.05, 3.63) is 28.8 Å². The van der Waals surface area contributed by atoms with Gasteiger partial charge in [0.2, 0.25) is 0 Å². The molecule has 0 N–H and O–H groups in total. The number of anilines is 1. The number of hydrogen-bond acceptors (Lipinski definition) is 3. The number of rotatable bonds is 2. The highest BCUT2D eigenvalue weighted by atomic mass is 35.5. The molecule has 104 valence electrons. The van der Waals surface area contributed by atoms with Gasteiger partial charge in [-0.05, 0) is 39.8 Å². The summed E-state index contributed by atoms with van der Waals surface area (Å²) < 4.78 is 6.05. The molecule has 1 fully saturated rings. The van der Waals surface area contributed by atoms with Crippen LogP contribution in [-0.4, -0.2) is 30.6 Å². The molecule has 1 aromatic carbocycles. The van der Waals surface area contributed by atoms with Crippen LogP contribution in [0.25, 0.3) is 0 Å². The molecular formula is C15H20ClNO2. The molecule has 2 rings (SSSR count). The van der Waals surface area contributed by atoms with Crippen LogP contribution < -0.4 is 4.90 Å². The van der Waals surface area contributed by atoms with Crippen LogP contribution in [0.15, 0.2) is 18.2 Å². The van der Waals surface area contributed by atoms with Crippen LogP contribution in [-0.2, 0) is 4.74 Å². The summed E-state index contributed by atoms with van der Waals surface area (Å²) in [5, 5.41) is 0.609. The highest BCUT2D eigenvalue weighted by molar-refractivity contribution is 6.33. The van der Waals surface area contributed by atoms with Gasteiger partial charge in [0, 0.05) is 18.7 Å². The second-order valence-corrected chi connectivity index (χ2v) is 6.68. The Balaban J connectivity index is 2.44. The third-order valence-corrected chi connectivity index (χ3v) is 3.46. The van der Waals surface area contributed by atoms with Crippen LogP contribution in [0.5, 0.6) is 0 Å². The van der Waals surface area contributed by atoms with Gasteiger partial charge in [0.1, 0.15) is 0 Å². The van der Waals surface area contributed by atoms with Gasteiger partial charge >= 0.3 is 0 Å². The molecule has 1 aliphatic rings. The van der Waals surface area contributed by atoms with E-state index in [1.165, 1.54) is 0 Å². The summed E-state index contributed by atoms with van der Waals surface area (Å²) in [6, 6.07) is 5.41. The van der Waals surface area contributed by atoms with Crippen LogP contribution in [0.2, 0.25) is 5.02 Å². The fourth-order valence-corrected chi connectivity index (χ4v) is 3.21. The van der Waals surface area contributed by atoms with E-state index in [0.29, 0.717) is 23.7 Å². The fraction of sp³-hybridized carbons (Fsp3) is 0.533. The van der Waals surface area contributed by atoms with Gasteiger partial charge in [-0.25, -0.2) is 0 Å². The van der Waals surface area contributed by atoms with Crippen molar-refractivity contribution < 1.29 is 9.53 Å². The second kappa shape index (κ2) is 4.80. The van der Waals surface area contributed by atoms with Crippen molar-refractivity contribution in [3.63, 3.8) is 0 Å². The van der Waals surface area contributed by atoms with Crippen LogP contribution in [0.4, 0.5) is 5.69 Å². The maximum Gasteiger partial charge on any atom is 0.152 e. The van der Waals surface area contributed by atoms with E-state index in [0.717, 1.165) is 12.0 Å². The lowest BCUT2D eigenvalue weighted by Crippen LogP contribution is -2.57. The van der Waals surface area contributed by atoms with Gasteiger partial charge < -0.3 is 9.64 Å². The summed E-state index contributed by atoms with van der Waals surface area (Å²) in [5.74, 6) is 0. The predicted molar refractivity (Wildman–Crippen MR) is 78.3 cm³/mol. The maximum atomic E-state index is 11.2. The van der Waals surface area contributed by atoms with Crippen molar-refractivity contribution in [1.82, 2.24) is 0 Å². The number of nitrogens with zero attached hydrogens (tertiary/aromatic N) is 1. The van der Waals surface area contributed by atoms with Gasteiger partial charge in [0.15, 0.2) is 6.29 Å². The van der Waals surface area contributed by atoms with Crippen molar-refractivity contribution in [1.29, 1.82) is 0 Å². The topological polar surface area (TPSA) is 29.5 Å².